The largest absolute Gasteiger partial charge is 0.790 e. The lowest BCUT2D eigenvalue weighted by Gasteiger charge is -2.34. The zero-order chi connectivity index (χ0) is 20.5. The molecule has 0 heterocycles. The van der Waals surface area contributed by atoms with Crippen molar-refractivity contribution >= 4 is 37.3 Å². The summed E-state index contributed by atoms with van der Waals surface area (Å²) >= 11 is 3.38. The van der Waals surface area contributed by atoms with Crippen molar-refractivity contribution in [3.8, 4) is 0 Å². The minimum atomic E-state index is -5.65. The van der Waals surface area contributed by atoms with Gasteiger partial charge in [-0.15, -0.1) is 0 Å². The maximum Gasteiger partial charge on any atom is 0.272 e. The van der Waals surface area contributed by atoms with Gasteiger partial charge < -0.3 is 29.1 Å². The number of benzene rings is 1. The van der Waals surface area contributed by atoms with Crippen LogP contribution in [-0.4, -0.2) is 13.2 Å². The first kappa shape index (κ1) is 24.3. The minimum absolute atomic E-state index is 0.402. The monoisotopic (exact) mass is 480 g/mol. The summed E-state index contributed by atoms with van der Waals surface area (Å²) in [6.07, 6.45) is 4.97. The standard InChI is InChI=1S/C16H24BrNO7P2/c1-13(10-11-24-27(22,23)25-26(19,20)21)4-3-5-14(2)12-18-16-8-6-15(17)7-9-16/h5-10,18H,3-4,11-12H2,1-2H3,(H,22,23)(H2,19,20,21)/p-3/b13-10+,14-5+. The van der Waals surface area contributed by atoms with Crippen LogP contribution >= 0.6 is 31.6 Å². The van der Waals surface area contributed by atoms with Gasteiger partial charge in [-0.2, -0.15) is 0 Å². The van der Waals surface area contributed by atoms with Crippen molar-refractivity contribution in [3.63, 3.8) is 0 Å². The second-order valence-corrected chi connectivity index (χ2v) is 9.39. The van der Waals surface area contributed by atoms with E-state index in [-0.39, 0.29) is 0 Å². The second kappa shape index (κ2) is 11.3. The van der Waals surface area contributed by atoms with Gasteiger partial charge in [-0.05, 0) is 51.0 Å². The van der Waals surface area contributed by atoms with Crippen LogP contribution in [-0.2, 0) is 18.0 Å². The predicted molar refractivity (Wildman–Crippen MR) is 102 cm³/mol. The van der Waals surface area contributed by atoms with Crippen molar-refractivity contribution < 1.29 is 32.6 Å². The van der Waals surface area contributed by atoms with E-state index in [9.17, 15) is 23.8 Å². The Kier molecular flexibility index (Phi) is 10.2. The quantitative estimate of drug-likeness (QED) is 0.377. The zero-order valence-electron chi connectivity index (χ0n) is 14.9. The molecule has 152 valence electrons. The summed E-state index contributed by atoms with van der Waals surface area (Å²) < 4.78 is 30.1. The van der Waals surface area contributed by atoms with Crippen LogP contribution in [0, 0.1) is 0 Å². The Labute approximate surface area is 167 Å². The molecule has 0 aliphatic carbocycles. The summed E-state index contributed by atoms with van der Waals surface area (Å²) in [5.74, 6) is 0. The lowest BCUT2D eigenvalue weighted by molar-refractivity contribution is -0.339. The third-order valence-corrected chi connectivity index (χ3v) is 5.91. The summed E-state index contributed by atoms with van der Waals surface area (Å²) in [4.78, 5) is 31.7. The van der Waals surface area contributed by atoms with Gasteiger partial charge in [-0.25, -0.2) is 0 Å². The van der Waals surface area contributed by atoms with Crippen molar-refractivity contribution in [1.82, 2.24) is 0 Å². The Morgan fingerprint density at radius 1 is 1.11 bits per heavy atom. The van der Waals surface area contributed by atoms with E-state index in [4.69, 9.17) is 0 Å². The molecule has 0 aromatic heterocycles. The zero-order valence-corrected chi connectivity index (χ0v) is 18.3. The summed E-state index contributed by atoms with van der Waals surface area (Å²) in [5.41, 5.74) is 3.03. The number of phosphoric ester groups is 1. The van der Waals surface area contributed by atoms with E-state index < -0.39 is 22.3 Å². The Morgan fingerprint density at radius 2 is 1.74 bits per heavy atom. The number of hydrogen-bond donors (Lipinski definition) is 1. The van der Waals surface area contributed by atoms with Gasteiger partial charge in [0.25, 0.3) is 7.82 Å². The first-order valence-corrected chi connectivity index (χ1v) is 11.7. The fourth-order valence-corrected chi connectivity index (χ4v) is 3.64. The Morgan fingerprint density at radius 3 is 2.33 bits per heavy atom. The minimum Gasteiger partial charge on any atom is -0.790 e. The van der Waals surface area contributed by atoms with E-state index in [1.54, 1.807) is 6.92 Å². The normalized spacial score (nSPS) is 15.5. The molecule has 8 nitrogen and oxygen atoms in total. The van der Waals surface area contributed by atoms with Crippen molar-refractivity contribution in [1.29, 1.82) is 0 Å². The van der Waals surface area contributed by atoms with Gasteiger partial charge in [0.2, 0.25) is 0 Å². The van der Waals surface area contributed by atoms with Crippen LogP contribution in [0.5, 0.6) is 0 Å². The third-order valence-electron chi connectivity index (χ3n) is 3.31. The van der Waals surface area contributed by atoms with Crippen LogP contribution in [0.25, 0.3) is 0 Å². The fraction of sp³-hybridized carbons (Fsp3) is 0.375. The van der Waals surface area contributed by atoms with E-state index in [0.717, 1.165) is 27.7 Å². The first-order chi connectivity index (χ1) is 12.5. The molecule has 0 spiro atoms. The molecule has 1 rings (SSSR count). The SMILES string of the molecule is C/C(=C\COP(=O)([O-])OP(=O)([O-])[O-])CC/C=C(\C)CNc1ccc(Br)cc1. The average molecular weight is 481 g/mol. The molecule has 0 aliphatic rings. The Bertz CT molecular complexity index is 759. The molecule has 0 bridgehead atoms. The Balaban J connectivity index is 2.33. The highest BCUT2D eigenvalue weighted by molar-refractivity contribution is 9.10. The number of anilines is 1. The number of hydrogen-bond acceptors (Lipinski definition) is 8. The summed E-state index contributed by atoms with van der Waals surface area (Å²) in [6, 6.07) is 7.86. The van der Waals surface area contributed by atoms with Crippen molar-refractivity contribution in [3.05, 3.63) is 52.0 Å². The molecule has 1 aromatic carbocycles. The number of phosphoric acid groups is 2. The van der Waals surface area contributed by atoms with Crippen LogP contribution in [0.15, 0.2) is 52.0 Å². The van der Waals surface area contributed by atoms with Crippen LogP contribution < -0.4 is 20.0 Å². The molecule has 0 amide bonds. The topological polar surface area (TPSA) is 134 Å². The highest BCUT2D eigenvalue weighted by Crippen LogP contribution is 2.50. The van der Waals surface area contributed by atoms with Crippen LogP contribution in [0.1, 0.15) is 26.7 Å². The molecule has 0 saturated heterocycles. The van der Waals surface area contributed by atoms with Crippen LogP contribution in [0.4, 0.5) is 5.69 Å². The van der Waals surface area contributed by atoms with Gasteiger partial charge in [-0.1, -0.05) is 39.2 Å². The van der Waals surface area contributed by atoms with E-state index in [1.165, 1.54) is 6.08 Å². The molecule has 1 N–H and O–H groups in total. The van der Waals surface area contributed by atoms with Crippen molar-refractivity contribution in [2.75, 3.05) is 18.5 Å². The molecule has 11 heteroatoms. The van der Waals surface area contributed by atoms with Crippen LogP contribution in [0.3, 0.4) is 0 Å². The predicted octanol–water partition coefficient (Wildman–Crippen LogP) is 2.86. The van der Waals surface area contributed by atoms with Crippen molar-refractivity contribution in [2.24, 2.45) is 0 Å². The van der Waals surface area contributed by atoms with Gasteiger partial charge in [0, 0.05) is 16.7 Å². The average Bonchev–Trinajstić information content (AvgIpc) is 2.52. The lowest BCUT2D eigenvalue weighted by atomic mass is 10.1. The summed E-state index contributed by atoms with van der Waals surface area (Å²) in [5, 5.41) is 3.30. The number of halogens is 1. The lowest BCUT2D eigenvalue weighted by Crippen LogP contribution is -2.19. The van der Waals surface area contributed by atoms with Crippen LogP contribution in [0.2, 0.25) is 0 Å². The molecule has 27 heavy (non-hydrogen) atoms. The molecule has 0 radical (unpaired) electrons. The molecule has 0 aliphatic heterocycles. The Hall–Kier alpha value is -0.760. The molecule has 1 aromatic rings. The smallest absolute Gasteiger partial charge is 0.272 e. The molecule has 1 unspecified atom stereocenters. The highest BCUT2D eigenvalue weighted by atomic mass is 79.9. The molecule has 0 saturated carbocycles. The number of nitrogens with one attached hydrogen (secondary N) is 1. The molecule has 1 atom stereocenters. The highest BCUT2D eigenvalue weighted by Gasteiger charge is 2.10. The number of rotatable bonds is 11. The van der Waals surface area contributed by atoms with Crippen molar-refractivity contribution in [2.45, 2.75) is 26.7 Å². The maximum absolute atomic E-state index is 11.1. The second-order valence-electron chi connectivity index (χ2n) is 5.77. The fourth-order valence-electron chi connectivity index (χ4n) is 1.95. The number of allylic oxidation sites excluding steroid dienone is 2. The van der Waals surface area contributed by atoms with Gasteiger partial charge in [-0.3, -0.25) is 8.88 Å². The van der Waals surface area contributed by atoms with Gasteiger partial charge in [0.05, 0.1) is 14.4 Å². The van der Waals surface area contributed by atoms with Gasteiger partial charge in [0.15, 0.2) is 0 Å². The molecular formula is C16H21BrNO7P2-3. The first-order valence-electron chi connectivity index (χ1n) is 7.96. The van der Waals surface area contributed by atoms with E-state index >= 15 is 0 Å². The molecule has 0 fully saturated rings. The van der Waals surface area contributed by atoms with E-state index in [2.05, 4.69) is 36.2 Å². The van der Waals surface area contributed by atoms with E-state index in [0.29, 0.717) is 13.0 Å². The van der Waals surface area contributed by atoms with Gasteiger partial charge in [0.1, 0.15) is 0 Å². The molecular weight excluding hydrogens is 460 g/mol. The maximum atomic E-state index is 11.1. The summed E-state index contributed by atoms with van der Waals surface area (Å²) in [6.45, 7) is 4.09. The van der Waals surface area contributed by atoms with E-state index in [1.807, 2.05) is 31.2 Å². The third kappa shape index (κ3) is 12.3. The van der Waals surface area contributed by atoms with Gasteiger partial charge >= 0.3 is 0 Å². The summed E-state index contributed by atoms with van der Waals surface area (Å²) in [7, 11) is -10.8.